The van der Waals surface area contributed by atoms with E-state index in [-0.39, 0.29) is 21.7 Å². The van der Waals surface area contributed by atoms with Crippen LogP contribution in [-0.2, 0) is 21.7 Å². The largest absolute Gasteiger partial charge is 0.226 e. The Labute approximate surface area is 107 Å². The molecule has 0 radical (unpaired) electrons. The van der Waals surface area contributed by atoms with Gasteiger partial charge in [-0.05, 0) is 5.92 Å². The van der Waals surface area contributed by atoms with Crippen molar-refractivity contribution in [3.8, 4) is 0 Å². The predicted molar refractivity (Wildman–Crippen MR) is 59.9 cm³/mol. The first-order valence-corrected chi connectivity index (χ1v) is 5.53. The van der Waals surface area contributed by atoms with Crippen LogP contribution < -0.4 is 0 Å². The molecule has 0 aromatic heterocycles. The summed E-state index contributed by atoms with van der Waals surface area (Å²) in [7, 11) is 0. The Morgan fingerprint density at radius 1 is 1.27 bits per heavy atom. The molecule has 1 unspecified atom stereocenters. The number of hydrogen-bond donors (Lipinski definition) is 0. The van der Waals surface area contributed by atoms with Gasteiger partial charge in [-0.3, -0.25) is 0 Å². The van der Waals surface area contributed by atoms with E-state index in [1.54, 1.807) is 11.1 Å². The van der Waals surface area contributed by atoms with Crippen LogP contribution in [0.1, 0.15) is 43.2 Å². The summed E-state index contributed by atoms with van der Waals surface area (Å²) in [6, 6.07) is 8.89. The quantitative estimate of drug-likeness (QED) is 0.468. The monoisotopic (exact) mass is 231 g/mol. The summed E-state index contributed by atoms with van der Waals surface area (Å²) in [5.74, 6) is 0.640. The molecule has 0 bridgehead atoms. The van der Waals surface area contributed by atoms with Crippen molar-refractivity contribution >= 4 is 5.57 Å². The first kappa shape index (κ1) is 11.0. The average molecular weight is 231 g/mol. The fraction of sp³-hybridized carbons (Fsp3) is 0.357. The van der Waals surface area contributed by atoms with Crippen LogP contribution in [0.5, 0.6) is 0 Å². The second-order valence-electron chi connectivity index (χ2n) is 4.34. The Morgan fingerprint density at radius 3 is 2.93 bits per heavy atom. The Balaban J connectivity index is 0.000000853. The van der Waals surface area contributed by atoms with Crippen LogP contribution in [-0.4, -0.2) is 0 Å². The van der Waals surface area contributed by atoms with Gasteiger partial charge in [0, 0.05) is 21.7 Å². The summed E-state index contributed by atoms with van der Waals surface area (Å²) in [5, 5.41) is 0. The average Bonchev–Trinajstić information content (AvgIpc) is 2.55. The first-order valence-electron chi connectivity index (χ1n) is 5.53. The van der Waals surface area contributed by atoms with Gasteiger partial charge in [-0.2, -0.15) is 5.57 Å². The van der Waals surface area contributed by atoms with Crippen LogP contribution in [0.25, 0.3) is 5.57 Å². The second kappa shape index (κ2) is 4.19. The van der Waals surface area contributed by atoms with Crippen molar-refractivity contribution in [3.05, 3.63) is 47.4 Å². The Kier molecular flexibility index (Phi) is 3.09. The zero-order valence-electron chi connectivity index (χ0n) is 9.09. The topological polar surface area (TPSA) is 0 Å². The van der Waals surface area contributed by atoms with Crippen LogP contribution in [0, 0.1) is 6.42 Å². The van der Waals surface area contributed by atoms with E-state index >= 15 is 0 Å². The summed E-state index contributed by atoms with van der Waals surface area (Å²) in [5.41, 5.74) is 6.29. The van der Waals surface area contributed by atoms with Gasteiger partial charge in [0.1, 0.15) is 0 Å². The third-order valence-electron chi connectivity index (χ3n) is 3.56. The van der Waals surface area contributed by atoms with E-state index < -0.39 is 0 Å². The molecule has 1 atom stereocenters. The van der Waals surface area contributed by atoms with Crippen molar-refractivity contribution in [2.45, 2.75) is 32.1 Å². The Morgan fingerprint density at radius 2 is 2.07 bits per heavy atom. The molecule has 0 fully saturated rings. The third-order valence-corrected chi connectivity index (χ3v) is 3.56. The van der Waals surface area contributed by atoms with Crippen molar-refractivity contribution in [3.63, 3.8) is 0 Å². The molecule has 2 aliphatic carbocycles. The molecule has 2 aliphatic rings. The first-order chi connectivity index (χ1) is 6.88. The standard InChI is InChI=1S/C14H15.Ti/c1-10-11-6-2-4-8-13(11)14-9-5-3-7-12(10)14;/h2,4,6-8,10H,3,5,9H2,1H3;/q-1;. The number of benzene rings is 1. The molecule has 0 amide bonds. The Bertz CT molecular complexity index is 404. The molecule has 1 heteroatoms. The van der Waals surface area contributed by atoms with Crippen molar-refractivity contribution in [1.29, 1.82) is 0 Å². The van der Waals surface area contributed by atoms with Gasteiger partial charge in [-0.1, -0.05) is 55.2 Å². The predicted octanol–water partition coefficient (Wildman–Crippen LogP) is 3.94. The molecule has 0 spiro atoms. The normalized spacial score (nSPS) is 22.6. The molecule has 76 valence electrons. The fourth-order valence-corrected chi connectivity index (χ4v) is 2.85. The van der Waals surface area contributed by atoms with Gasteiger partial charge >= 0.3 is 0 Å². The van der Waals surface area contributed by atoms with E-state index in [1.165, 1.54) is 30.4 Å². The second-order valence-corrected chi connectivity index (χ2v) is 4.34. The van der Waals surface area contributed by atoms with Gasteiger partial charge < -0.3 is 0 Å². The molecule has 0 saturated carbocycles. The molecule has 3 rings (SSSR count). The third kappa shape index (κ3) is 1.60. The van der Waals surface area contributed by atoms with Crippen LogP contribution in [0.2, 0.25) is 0 Å². The molecule has 0 nitrogen and oxygen atoms in total. The maximum absolute atomic E-state index is 2.45. The van der Waals surface area contributed by atoms with Gasteiger partial charge in [0.15, 0.2) is 0 Å². The van der Waals surface area contributed by atoms with E-state index in [1.807, 2.05) is 0 Å². The molecule has 1 aromatic rings. The van der Waals surface area contributed by atoms with Gasteiger partial charge in [-0.25, -0.2) is 12.0 Å². The molecule has 15 heavy (non-hydrogen) atoms. The van der Waals surface area contributed by atoms with Crippen molar-refractivity contribution in [2.75, 3.05) is 0 Å². The molecule has 1 aromatic carbocycles. The minimum Gasteiger partial charge on any atom is -0.226 e. The maximum atomic E-state index is 2.45. The molecule has 0 aliphatic heterocycles. The van der Waals surface area contributed by atoms with Gasteiger partial charge in [0.05, 0.1) is 0 Å². The molecular weight excluding hydrogens is 216 g/mol. The molecule has 0 heterocycles. The number of allylic oxidation sites excluding steroid dienone is 2. The minimum absolute atomic E-state index is 0. The zero-order chi connectivity index (χ0) is 9.54. The number of rotatable bonds is 0. The zero-order valence-corrected chi connectivity index (χ0v) is 10.6. The van der Waals surface area contributed by atoms with Crippen molar-refractivity contribution in [2.24, 2.45) is 0 Å². The van der Waals surface area contributed by atoms with E-state index in [2.05, 4.69) is 37.6 Å². The van der Waals surface area contributed by atoms with E-state index in [0.29, 0.717) is 5.92 Å². The maximum Gasteiger partial charge on any atom is 0 e. The van der Waals surface area contributed by atoms with Crippen LogP contribution in [0.15, 0.2) is 29.8 Å². The summed E-state index contributed by atoms with van der Waals surface area (Å²) in [6.45, 7) is 2.34. The summed E-state index contributed by atoms with van der Waals surface area (Å²) in [6.07, 6.45) is 6.34. The van der Waals surface area contributed by atoms with E-state index in [4.69, 9.17) is 0 Å². The fourth-order valence-electron chi connectivity index (χ4n) is 2.85. The summed E-state index contributed by atoms with van der Waals surface area (Å²) in [4.78, 5) is 0. The van der Waals surface area contributed by atoms with Crippen LogP contribution >= 0.6 is 0 Å². The van der Waals surface area contributed by atoms with Crippen LogP contribution in [0.4, 0.5) is 0 Å². The van der Waals surface area contributed by atoms with Crippen molar-refractivity contribution in [1.82, 2.24) is 0 Å². The van der Waals surface area contributed by atoms with Gasteiger partial charge in [0.2, 0.25) is 0 Å². The molecule has 0 N–H and O–H groups in total. The summed E-state index contributed by atoms with van der Waals surface area (Å²) >= 11 is 0. The molecular formula is C14H15Ti-. The minimum atomic E-state index is 0. The smallest absolute Gasteiger partial charge is 0 e. The SMILES string of the molecule is CC1C2=C(CCC[CH-]2)c2ccccc21.[Ti]. The van der Waals surface area contributed by atoms with E-state index in [0.717, 1.165) is 0 Å². The number of hydrogen-bond acceptors (Lipinski definition) is 0. The Hall–Kier alpha value is -0.456. The summed E-state index contributed by atoms with van der Waals surface area (Å²) < 4.78 is 0. The molecule has 0 saturated heterocycles. The van der Waals surface area contributed by atoms with Crippen LogP contribution in [0.3, 0.4) is 0 Å². The van der Waals surface area contributed by atoms with Gasteiger partial charge in [0.25, 0.3) is 0 Å². The van der Waals surface area contributed by atoms with Crippen molar-refractivity contribution < 1.29 is 21.7 Å². The van der Waals surface area contributed by atoms with Gasteiger partial charge in [-0.15, -0.1) is 6.42 Å². The van der Waals surface area contributed by atoms with E-state index in [9.17, 15) is 0 Å². The number of fused-ring (bicyclic) bond motifs is 2.